The van der Waals surface area contributed by atoms with Crippen LogP contribution in [0.1, 0.15) is 43.0 Å². The van der Waals surface area contributed by atoms with Crippen LogP contribution in [-0.4, -0.2) is 36.9 Å². The molecule has 2 rings (SSSR count). The molecule has 0 aromatic heterocycles. The molecule has 4 heteroatoms. The molecule has 0 saturated carbocycles. The van der Waals surface area contributed by atoms with Gasteiger partial charge in [-0.2, -0.15) is 0 Å². The average molecular weight is 278 g/mol. The zero-order valence-electron chi connectivity index (χ0n) is 12.1. The van der Waals surface area contributed by atoms with Gasteiger partial charge in [0.2, 0.25) is 0 Å². The van der Waals surface area contributed by atoms with Gasteiger partial charge >= 0.3 is 0 Å². The van der Waals surface area contributed by atoms with Gasteiger partial charge in [-0.25, -0.2) is 4.39 Å². The molecular formula is C16H23FN2O. The molecule has 1 fully saturated rings. The van der Waals surface area contributed by atoms with Gasteiger partial charge in [0.25, 0.3) is 0 Å². The van der Waals surface area contributed by atoms with Crippen molar-refractivity contribution in [1.29, 1.82) is 0 Å². The van der Waals surface area contributed by atoms with Crippen LogP contribution in [-0.2, 0) is 0 Å². The zero-order chi connectivity index (χ0) is 14.4. The largest absolute Gasteiger partial charge is 0.383 e. The molecule has 1 saturated heterocycles. The Balaban J connectivity index is 1.90. The van der Waals surface area contributed by atoms with E-state index in [4.69, 9.17) is 0 Å². The van der Waals surface area contributed by atoms with Gasteiger partial charge in [0.05, 0.1) is 5.56 Å². The second-order valence-electron chi connectivity index (χ2n) is 5.40. The van der Waals surface area contributed by atoms with Crippen LogP contribution in [0.15, 0.2) is 18.2 Å². The molecule has 0 unspecified atom stereocenters. The van der Waals surface area contributed by atoms with E-state index >= 15 is 0 Å². The number of Topliss-reactive ketones (excluding diaryl/α,β-unsaturated/α-hetero) is 1. The Labute approximate surface area is 120 Å². The highest BCUT2D eigenvalue weighted by atomic mass is 19.1. The summed E-state index contributed by atoms with van der Waals surface area (Å²) in [5.74, 6) is -0.683. The van der Waals surface area contributed by atoms with Gasteiger partial charge in [-0.15, -0.1) is 0 Å². The number of ketones is 1. The number of likely N-dealkylation sites (tertiary alicyclic amines) is 1. The van der Waals surface area contributed by atoms with E-state index in [1.54, 1.807) is 12.1 Å². The van der Waals surface area contributed by atoms with E-state index < -0.39 is 5.82 Å². The summed E-state index contributed by atoms with van der Waals surface area (Å²) in [6.45, 7) is 5.37. The Morgan fingerprint density at radius 3 is 2.60 bits per heavy atom. The van der Waals surface area contributed by atoms with E-state index in [2.05, 4.69) is 10.2 Å². The Kier molecular flexibility index (Phi) is 5.53. The highest BCUT2D eigenvalue weighted by Crippen LogP contribution is 2.19. The molecule has 0 amide bonds. The van der Waals surface area contributed by atoms with Gasteiger partial charge in [0.1, 0.15) is 5.82 Å². The Bertz CT molecular complexity index is 454. The molecule has 1 aromatic rings. The lowest BCUT2D eigenvalue weighted by Gasteiger charge is -2.20. The van der Waals surface area contributed by atoms with Gasteiger partial charge in [0.15, 0.2) is 5.78 Å². The molecule has 110 valence electrons. The quantitative estimate of drug-likeness (QED) is 0.839. The molecule has 1 N–H and O–H groups in total. The highest BCUT2D eigenvalue weighted by molar-refractivity contribution is 5.99. The number of anilines is 1. The summed E-state index contributed by atoms with van der Waals surface area (Å²) >= 11 is 0. The van der Waals surface area contributed by atoms with E-state index in [1.807, 2.05) is 0 Å². The van der Waals surface area contributed by atoms with Crippen LogP contribution >= 0.6 is 0 Å². The normalized spacial score (nSPS) is 16.7. The summed E-state index contributed by atoms with van der Waals surface area (Å²) in [6, 6.07) is 4.73. The number of carbonyl (C=O) groups is 1. The minimum atomic E-state index is -0.447. The van der Waals surface area contributed by atoms with E-state index in [0.29, 0.717) is 5.69 Å². The number of rotatable bonds is 5. The van der Waals surface area contributed by atoms with Crippen molar-refractivity contribution in [2.75, 3.05) is 31.5 Å². The van der Waals surface area contributed by atoms with Gasteiger partial charge in [-0.05, 0) is 45.0 Å². The van der Waals surface area contributed by atoms with Crippen molar-refractivity contribution in [1.82, 2.24) is 4.90 Å². The van der Waals surface area contributed by atoms with Crippen LogP contribution in [0.2, 0.25) is 0 Å². The molecule has 0 bridgehead atoms. The maximum absolute atomic E-state index is 13.7. The van der Waals surface area contributed by atoms with Crippen LogP contribution in [0.4, 0.5) is 10.1 Å². The highest BCUT2D eigenvalue weighted by Gasteiger charge is 2.13. The van der Waals surface area contributed by atoms with Crippen molar-refractivity contribution in [3.63, 3.8) is 0 Å². The fourth-order valence-electron chi connectivity index (χ4n) is 2.74. The molecule has 1 aliphatic rings. The van der Waals surface area contributed by atoms with Crippen molar-refractivity contribution in [2.24, 2.45) is 0 Å². The summed E-state index contributed by atoms with van der Waals surface area (Å²) < 4.78 is 13.7. The predicted octanol–water partition coefficient (Wildman–Crippen LogP) is 3.32. The lowest BCUT2D eigenvalue weighted by atomic mass is 10.1. The van der Waals surface area contributed by atoms with Crippen molar-refractivity contribution in [2.45, 2.75) is 32.6 Å². The predicted molar refractivity (Wildman–Crippen MR) is 79.8 cm³/mol. The summed E-state index contributed by atoms with van der Waals surface area (Å²) in [7, 11) is 0. The number of nitrogens with zero attached hydrogens (tertiary/aromatic N) is 1. The monoisotopic (exact) mass is 278 g/mol. The van der Waals surface area contributed by atoms with E-state index in [-0.39, 0.29) is 11.3 Å². The lowest BCUT2D eigenvalue weighted by molar-refractivity contribution is 0.101. The van der Waals surface area contributed by atoms with Crippen molar-refractivity contribution < 1.29 is 9.18 Å². The summed E-state index contributed by atoms with van der Waals surface area (Å²) in [5.41, 5.74) is 0.774. The third-order valence-corrected chi connectivity index (χ3v) is 3.81. The molecule has 1 heterocycles. The summed E-state index contributed by atoms with van der Waals surface area (Å²) in [6.07, 6.45) is 5.17. The third kappa shape index (κ3) is 4.04. The lowest BCUT2D eigenvalue weighted by Crippen LogP contribution is -2.30. The van der Waals surface area contributed by atoms with Crippen molar-refractivity contribution in [3.8, 4) is 0 Å². The smallest absolute Gasteiger partial charge is 0.164 e. The third-order valence-electron chi connectivity index (χ3n) is 3.81. The molecule has 0 radical (unpaired) electrons. The molecule has 0 spiro atoms. The molecule has 20 heavy (non-hydrogen) atoms. The van der Waals surface area contributed by atoms with Crippen LogP contribution in [0.5, 0.6) is 0 Å². The first-order chi connectivity index (χ1) is 9.68. The number of hydrogen-bond acceptors (Lipinski definition) is 3. The van der Waals surface area contributed by atoms with Crippen LogP contribution < -0.4 is 5.32 Å². The maximum Gasteiger partial charge on any atom is 0.164 e. The van der Waals surface area contributed by atoms with Gasteiger partial charge in [0, 0.05) is 18.8 Å². The average Bonchev–Trinajstić information content (AvgIpc) is 2.67. The molecule has 0 aliphatic carbocycles. The number of hydrogen-bond donors (Lipinski definition) is 1. The van der Waals surface area contributed by atoms with Crippen molar-refractivity contribution >= 4 is 11.5 Å². The Morgan fingerprint density at radius 1 is 1.25 bits per heavy atom. The van der Waals surface area contributed by atoms with Crippen LogP contribution in [0, 0.1) is 5.82 Å². The maximum atomic E-state index is 13.7. The molecule has 1 aromatic carbocycles. The Hall–Kier alpha value is -1.42. The second-order valence-corrected chi connectivity index (χ2v) is 5.40. The van der Waals surface area contributed by atoms with Crippen molar-refractivity contribution in [3.05, 3.63) is 29.6 Å². The minimum Gasteiger partial charge on any atom is -0.383 e. The number of benzene rings is 1. The first kappa shape index (κ1) is 15.0. The molecule has 3 nitrogen and oxygen atoms in total. The van der Waals surface area contributed by atoms with Gasteiger partial charge < -0.3 is 10.2 Å². The molecule has 1 aliphatic heterocycles. The topological polar surface area (TPSA) is 32.3 Å². The van der Waals surface area contributed by atoms with Gasteiger partial charge in [-0.3, -0.25) is 4.79 Å². The first-order valence-corrected chi connectivity index (χ1v) is 7.44. The SMILES string of the molecule is CC(=O)c1c(F)cccc1NCCN1CCCCCC1. The first-order valence-electron chi connectivity index (χ1n) is 7.44. The van der Waals surface area contributed by atoms with E-state index in [9.17, 15) is 9.18 Å². The van der Waals surface area contributed by atoms with E-state index in [1.165, 1.54) is 38.7 Å². The summed E-state index contributed by atoms with van der Waals surface area (Å²) in [4.78, 5) is 13.9. The van der Waals surface area contributed by atoms with Crippen LogP contribution in [0.3, 0.4) is 0 Å². The molecular weight excluding hydrogens is 255 g/mol. The fourth-order valence-corrected chi connectivity index (χ4v) is 2.74. The second kappa shape index (κ2) is 7.39. The minimum absolute atomic E-state index is 0.170. The number of carbonyl (C=O) groups excluding carboxylic acids is 1. The standard InChI is InChI=1S/C16H23FN2O/c1-13(20)16-14(17)7-6-8-15(16)18-9-12-19-10-4-2-3-5-11-19/h6-8,18H,2-5,9-12H2,1H3. The van der Waals surface area contributed by atoms with E-state index in [0.717, 1.165) is 26.2 Å². The Morgan fingerprint density at radius 2 is 1.95 bits per heavy atom. The van der Waals surface area contributed by atoms with Crippen LogP contribution in [0.25, 0.3) is 0 Å². The van der Waals surface area contributed by atoms with Gasteiger partial charge in [-0.1, -0.05) is 18.9 Å². The molecule has 0 atom stereocenters. The zero-order valence-corrected chi connectivity index (χ0v) is 12.1. The fraction of sp³-hybridized carbons (Fsp3) is 0.562. The summed E-state index contributed by atoms with van der Waals surface area (Å²) in [5, 5.41) is 3.20. The number of halogens is 1. The number of nitrogens with one attached hydrogen (secondary N) is 1.